The normalized spacial score (nSPS) is 15.2. The van der Waals surface area contributed by atoms with E-state index in [0.29, 0.717) is 0 Å². The van der Waals surface area contributed by atoms with E-state index < -0.39 is 0 Å². The molecule has 0 aromatic heterocycles. The van der Waals surface area contributed by atoms with Crippen molar-refractivity contribution >= 4 is 23.4 Å². The van der Waals surface area contributed by atoms with Crippen molar-refractivity contribution in [1.29, 1.82) is 0 Å². The van der Waals surface area contributed by atoms with Gasteiger partial charge in [-0.05, 0) is 73.0 Å². The molecule has 0 aliphatic carbocycles. The predicted molar refractivity (Wildman–Crippen MR) is 139 cm³/mol. The first-order valence-corrected chi connectivity index (χ1v) is 13.3. The van der Waals surface area contributed by atoms with Crippen molar-refractivity contribution in [3.63, 3.8) is 0 Å². The molecular formula is C28H31ClF2N2S. The maximum absolute atomic E-state index is 13.4. The zero-order valence-electron chi connectivity index (χ0n) is 19.3. The second kappa shape index (κ2) is 12.7. The summed E-state index contributed by atoms with van der Waals surface area (Å²) in [6.07, 6.45) is 2.00. The van der Waals surface area contributed by atoms with Crippen LogP contribution in [0.5, 0.6) is 0 Å². The fourth-order valence-corrected chi connectivity index (χ4v) is 5.75. The van der Waals surface area contributed by atoms with E-state index in [2.05, 4.69) is 15.9 Å². The van der Waals surface area contributed by atoms with Crippen LogP contribution >= 0.6 is 23.4 Å². The standard InChI is InChI=1S/C28H31ClF2N2S/c29-24-3-1-4-27(21-24)34-20-19-33-17-15-32(16-18-33)14-2-5-28(22-6-10-25(30)11-7-22)23-8-12-26(31)13-9-23/h1,3-4,6-13,21,28H,2,5,14-20H2. The van der Waals surface area contributed by atoms with Crippen LogP contribution in [0.25, 0.3) is 0 Å². The molecule has 3 aromatic rings. The number of halogens is 3. The first kappa shape index (κ1) is 25.2. The monoisotopic (exact) mass is 500 g/mol. The smallest absolute Gasteiger partial charge is 0.123 e. The Kier molecular flexibility index (Phi) is 9.40. The number of piperazine rings is 1. The summed E-state index contributed by atoms with van der Waals surface area (Å²) in [7, 11) is 0. The molecule has 2 nitrogen and oxygen atoms in total. The molecule has 1 fully saturated rings. The first-order valence-electron chi connectivity index (χ1n) is 11.9. The van der Waals surface area contributed by atoms with E-state index in [1.54, 1.807) is 0 Å². The molecule has 180 valence electrons. The molecule has 0 spiro atoms. The summed E-state index contributed by atoms with van der Waals surface area (Å²) < 4.78 is 26.9. The van der Waals surface area contributed by atoms with Gasteiger partial charge in [-0.1, -0.05) is 41.9 Å². The number of thioether (sulfide) groups is 1. The molecule has 0 atom stereocenters. The zero-order chi connectivity index (χ0) is 23.8. The summed E-state index contributed by atoms with van der Waals surface area (Å²) >= 11 is 7.93. The summed E-state index contributed by atoms with van der Waals surface area (Å²) in [6.45, 7) is 6.48. The Morgan fingerprint density at radius 3 is 1.88 bits per heavy atom. The summed E-state index contributed by atoms with van der Waals surface area (Å²) in [5, 5.41) is 0.791. The van der Waals surface area contributed by atoms with Gasteiger partial charge in [0.05, 0.1) is 0 Å². The van der Waals surface area contributed by atoms with Gasteiger partial charge in [0.2, 0.25) is 0 Å². The highest BCUT2D eigenvalue weighted by Gasteiger charge is 2.19. The van der Waals surface area contributed by atoms with Gasteiger partial charge in [-0.15, -0.1) is 11.8 Å². The van der Waals surface area contributed by atoms with Crippen molar-refractivity contribution in [3.8, 4) is 0 Å². The highest BCUT2D eigenvalue weighted by molar-refractivity contribution is 7.99. The van der Waals surface area contributed by atoms with Gasteiger partial charge in [0.15, 0.2) is 0 Å². The molecule has 6 heteroatoms. The lowest BCUT2D eigenvalue weighted by atomic mass is 9.87. The van der Waals surface area contributed by atoms with Gasteiger partial charge in [0.1, 0.15) is 11.6 Å². The van der Waals surface area contributed by atoms with Gasteiger partial charge >= 0.3 is 0 Å². The lowest BCUT2D eigenvalue weighted by Gasteiger charge is -2.35. The fourth-order valence-electron chi connectivity index (χ4n) is 4.52. The third-order valence-corrected chi connectivity index (χ3v) is 7.66. The third-order valence-electron chi connectivity index (χ3n) is 6.45. The van der Waals surface area contributed by atoms with Gasteiger partial charge in [-0.2, -0.15) is 0 Å². The van der Waals surface area contributed by atoms with Crippen LogP contribution in [0, 0.1) is 11.6 Å². The van der Waals surface area contributed by atoms with E-state index in [9.17, 15) is 8.78 Å². The van der Waals surface area contributed by atoms with Gasteiger partial charge in [-0.25, -0.2) is 8.78 Å². The van der Waals surface area contributed by atoms with E-state index in [4.69, 9.17) is 11.6 Å². The number of hydrogen-bond acceptors (Lipinski definition) is 3. The molecule has 3 aromatic carbocycles. The van der Waals surface area contributed by atoms with Crippen molar-refractivity contribution in [2.24, 2.45) is 0 Å². The van der Waals surface area contributed by atoms with Crippen LogP contribution in [0.15, 0.2) is 77.7 Å². The van der Waals surface area contributed by atoms with Crippen molar-refractivity contribution in [2.45, 2.75) is 23.7 Å². The van der Waals surface area contributed by atoms with Crippen LogP contribution in [0.4, 0.5) is 8.78 Å². The minimum absolute atomic E-state index is 0.144. The van der Waals surface area contributed by atoms with E-state index >= 15 is 0 Å². The largest absolute Gasteiger partial charge is 0.301 e. The minimum atomic E-state index is -0.231. The van der Waals surface area contributed by atoms with E-state index in [1.165, 1.54) is 29.2 Å². The van der Waals surface area contributed by atoms with Crippen molar-refractivity contribution in [1.82, 2.24) is 9.80 Å². The molecule has 34 heavy (non-hydrogen) atoms. The second-order valence-electron chi connectivity index (χ2n) is 8.79. The van der Waals surface area contributed by atoms with Gasteiger partial charge < -0.3 is 4.90 Å². The highest BCUT2D eigenvalue weighted by atomic mass is 35.5. The Balaban J connectivity index is 1.22. The molecule has 0 radical (unpaired) electrons. The zero-order valence-corrected chi connectivity index (χ0v) is 20.9. The maximum atomic E-state index is 13.4. The van der Waals surface area contributed by atoms with Crippen LogP contribution < -0.4 is 0 Å². The third kappa shape index (κ3) is 7.54. The molecule has 0 N–H and O–H groups in total. The first-order chi connectivity index (χ1) is 16.6. The Hall–Kier alpha value is -1.92. The Labute approximate surface area is 210 Å². The molecule has 0 amide bonds. The van der Waals surface area contributed by atoms with Gasteiger partial charge in [0.25, 0.3) is 0 Å². The summed E-state index contributed by atoms with van der Waals surface area (Å²) in [4.78, 5) is 6.30. The topological polar surface area (TPSA) is 6.48 Å². The quantitative estimate of drug-likeness (QED) is 0.278. The van der Waals surface area contributed by atoms with E-state index in [-0.39, 0.29) is 17.6 Å². The number of nitrogens with zero attached hydrogens (tertiary/aromatic N) is 2. The molecule has 1 heterocycles. The lowest BCUT2D eigenvalue weighted by Crippen LogP contribution is -2.47. The van der Waals surface area contributed by atoms with Crippen molar-refractivity contribution < 1.29 is 8.78 Å². The Morgan fingerprint density at radius 1 is 0.765 bits per heavy atom. The maximum Gasteiger partial charge on any atom is 0.123 e. The molecule has 1 aliphatic rings. The molecule has 4 rings (SSSR count). The average Bonchev–Trinajstić information content (AvgIpc) is 2.84. The highest BCUT2D eigenvalue weighted by Crippen LogP contribution is 2.30. The summed E-state index contributed by atoms with van der Waals surface area (Å²) in [5.41, 5.74) is 2.16. The molecule has 0 saturated carbocycles. The van der Waals surface area contributed by atoms with Crippen molar-refractivity contribution in [3.05, 3.63) is 101 Å². The van der Waals surface area contributed by atoms with Crippen LogP contribution in [-0.4, -0.2) is 54.8 Å². The molecular weight excluding hydrogens is 470 g/mol. The predicted octanol–water partition coefficient (Wildman–Crippen LogP) is 6.94. The van der Waals surface area contributed by atoms with Crippen LogP contribution in [0.1, 0.15) is 29.9 Å². The fraction of sp³-hybridized carbons (Fsp3) is 0.357. The Morgan fingerprint density at radius 2 is 1.32 bits per heavy atom. The summed E-state index contributed by atoms with van der Waals surface area (Å²) in [6, 6.07) is 21.5. The number of benzene rings is 3. The van der Waals surface area contributed by atoms with Crippen LogP contribution in [0.2, 0.25) is 5.02 Å². The van der Waals surface area contributed by atoms with Crippen molar-refractivity contribution in [2.75, 3.05) is 45.0 Å². The second-order valence-corrected chi connectivity index (χ2v) is 10.4. The average molecular weight is 501 g/mol. The van der Waals surface area contributed by atoms with Crippen LogP contribution in [0.3, 0.4) is 0 Å². The SMILES string of the molecule is Fc1ccc(C(CCCN2CCN(CCSc3cccc(Cl)c3)CC2)c2ccc(F)cc2)cc1. The van der Waals surface area contributed by atoms with E-state index in [1.807, 2.05) is 54.2 Å². The summed E-state index contributed by atoms with van der Waals surface area (Å²) in [5.74, 6) is 0.749. The lowest BCUT2D eigenvalue weighted by molar-refractivity contribution is 0.136. The number of rotatable bonds is 10. The molecule has 1 aliphatic heterocycles. The van der Waals surface area contributed by atoms with Gasteiger partial charge in [-0.3, -0.25) is 4.90 Å². The molecule has 0 bridgehead atoms. The van der Waals surface area contributed by atoms with Gasteiger partial charge in [0, 0.05) is 54.3 Å². The molecule has 0 unspecified atom stereocenters. The number of hydrogen-bond donors (Lipinski definition) is 0. The van der Waals surface area contributed by atoms with Crippen LogP contribution in [-0.2, 0) is 0 Å². The molecule has 1 saturated heterocycles. The minimum Gasteiger partial charge on any atom is -0.301 e. The Bertz CT molecular complexity index is 976. The van der Waals surface area contributed by atoms with E-state index in [0.717, 1.165) is 74.0 Å².